The molecule has 0 spiro atoms. The minimum Gasteiger partial charge on any atom is -0.293 e. The molecule has 2 nitrogen and oxygen atoms in total. The van der Waals surface area contributed by atoms with Crippen molar-refractivity contribution in [2.45, 2.75) is 19.0 Å². The minimum atomic E-state index is 0.471. The molecule has 0 amide bonds. The van der Waals surface area contributed by atoms with Crippen molar-refractivity contribution in [3.05, 3.63) is 71.8 Å². The minimum absolute atomic E-state index is 0.471. The Morgan fingerprint density at radius 2 is 1.48 bits per heavy atom. The Morgan fingerprint density at radius 3 is 2.14 bits per heavy atom. The lowest BCUT2D eigenvalue weighted by molar-refractivity contribution is 0.112. The smallest absolute Gasteiger partial charge is 0.0299 e. The first-order valence-corrected chi connectivity index (χ1v) is 7.88. The van der Waals surface area contributed by atoms with Gasteiger partial charge < -0.3 is 0 Å². The van der Waals surface area contributed by atoms with Gasteiger partial charge in [0, 0.05) is 32.2 Å². The summed E-state index contributed by atoms with van der Waals surface area (Å²) in [6.45, 7) is 3.88. The second-order valence-corrected chi connectivity index (χ2v) is 6.15. The molecule has 3 rings (SSSR count). The SMILES string of the molecule is ClN1CCN(Cc2ccccc2)C(Cc2ccccc2)C1. The van der Waals surface area contributed by atoms with Gasteiger partial charge in [0.05, 0.1) is 0 Å². The maximum atomic E-state index is 6.25. The fourth-order valence-electron chi connectivity index (χ4n) is 2.96. The molecule has 1 heterocycles. The Morgan fingerprint density at radius 1 is 0.857 bits per heavy atom. The fraction of sp³-hybridized carbons (Fsp3) is 0.333. The highest BCUT2D eigenvalue weighted by Crippen LogP contribution is 2.19. The predicted octanol–water partition coefficient (Wildman–Crippen LogP) is 3.57. The Hall–Kier alpha value is -1.35. The maximum absolute atomic E-state index is 6.25. The van der Waals surface area contributed by atoms with E-state index in [4.69, 9.17) is 11.8 Å². The van der Waals surface area contributed by atoms with Gasteiger partial charge in [-0.2, -0.15) is 0 Å². The van der Waals surface area contributed by atoms with Crippen molar-refractivity contribution in [1.29, 1.82) is 0 Å². The monoisotopic (exact) mass is 300 g/mol. The second-order valence-electron chi connectivity index (χ2n) is 5.67. The molecule has 1 fully saturated rings. The first kappa shape index (κ1) is 14.6. The standard InChI is InChI=1S/C18H21ClN2/c19-21-12-11-20(14-17-9-5-2-6-10-17)18(15-21)13-16-7-3-1-4-8-16/h1-10,18H,11-15H2. The summed E-state index contributed by atoms with van der Waals surface area (Å²) in [6.07, 6.45) is 1.05. The van der Waals surface area contributed by atoms with Crippen LogP contribution in [0.2, 0.25) is 0 Å². The van der Waals surface area contributed by atoms with E-state index >= 15 is 0 Å². The molecule has 1 saturated heterocycles. The summed E-state index contributed by atoms with van der Waals surface area (Å²) in [6, 6.07) is 21.9. The van der Waals surface area contributed by atoms with Crippen molar-refractivity contribution in [1.82, 2.24) is 9.32 Å². The summed E-state index contributed by atoms with van der Waals surface area (Å²) in [5.74, 6) is 0. The summed E-state index contributed by atoms with van der Waals surface area (Å²) < 4.78 is 1.93. The molecule has 0 aromatic heterocycles. The highest BCUT2D eigenvalue weighted by atomic mass is 35.5. The normalized spacial score (nSPS) is 20.5. The topological polar surface area (TPSA) is 6.48 Å². The average Bonchev–Trinajstić information content (AvgIpc) is 2.52. The van der Waals surface area contributed by atoms with Crippen LogP contribution < -0.4 is 0 Å². The van der Waals surface area contributed by atoms with Gasteiger partial charge in [-0.15, -0.1) is 0 Å². The van der Waals surface area contributed by atoms with Crippen LogP contribution >= 0.6 is 11.8 Å². The van der Waals surface area contributed by atoms with Crippen LogP contribution in [-0.4, -0.2) is 35.0 Å². The molecule has 0 aliphatic carbocycles. The predicted molar refractivity (Wildman–Crippen MR) is 88.2 cm³/mol. The van der Waals surface area contributed by atoms with Crippen LogP contribution in [0.15, 0.2) is 60.7 Å². The molecular formula is C18H21ClN2. The van der Waals surface area contributed by atoms with E-state index in [9.17, 15) is 0 Å². The molecular weight excluding hydrogens is 280 g/mol. The van der Waals surface area contributed by atoms with Gasteiger partial charge >= 0.3 is 0 Å². The molecule has 0 N–H and O–H groups in total. The van der Waals surface area contributed by atoms with Crippen LogP contribution in [0.3, 0.4) is 0 Å². The van der Waals surface area contributed by atoms with E-state index in [-0.39, 0.29) is 0 Å². The lowest BCUT2D eigenvalue weighted by Crippen LogP contribution is -2.50. The number of halogens is 1. The first-order valence-electron chi connectivity index (χ1n) is 7.54. The molecule has 3 heteroatoms. The van der Waals surface area contributed by atoms with E-state index in [2.05, 4.69) is 65.6 Å². The highest BCUT2D eigenvalue weighted by Gasteiger charge is 2.26. The molecule has 2 aromatic carbocycles. The Kier molecular flexibility index (Phi) is 4.91. The van der Waals surface area contributed by atoms with E-state index in [1.54, 1.807) is 0 Å². The Bertz CT molecular complexity index is 544. The van der Waals surface area contributed by atoms with Crippen LogP contribution in [0.1, 0.15) is 11.1 Å². The van der Waals surface area contributed by atoms with Crippen LogP contribution in [0.4, 0.5) is 0 Å². The zero-order chi connectivity index (χ0) is 14.5. The van der Waals surface area contributed by atoms with Crippen LogP contribution in [0, 0.1) is 0 Å². The van der Waals surface area contributed by atoms with Crippen LogP contribution in [-0.2, 0) is 13.0 Å². The van der Waals surface area contributed by atoms with Crippen molar-refractivity contribution < 1.29 is 0 Å². The van der Waals surface area contributed by atoms with Gasteiger partial charge in [0.25, 0.3) is 0 Å². The molecule has 110 valence electrons. The summed E-state index contributed by atoms with van der Waals surface area (Å²) in [5, 5.41) is 0. The van der Waals surface area contributed by atoms with Crippen molar-refractivity contribution in [3.63, 3.8) is 0 Å². The molecule has 2 aromatic rings. The molecule has 1 aliphatic heterocycles. The van der Waals surface area contributed by atoms with Gasteiger partial charge in [-0.05, 0) is 29.3 Å². The lowest BCUT2D eigenvalue weighted by Gasteiger charge is -2.39. The molecule has 0 saturated carbocycles. The van der Waals surface area contributed by atoms with E-state index in [1.165, 1.54) is 11.1 Å². The number of benzene rings is 2. The van der Waals surface area contributed by atoms with Crippen molar-refractivity contribution in [3.8, 4) is 0 Å². The van der Waals surface area contributed by atoms with E-state index in [0.29, 0.717) is 6.04 Å². The molecule has 1 unspecified atom stereocenters. The number of piperazine rings is 1. The second kappa shape index (κ2) is 7.08. The third kappa shape index (κ3) is 4.07. The molecule has 21 heavy (non-hydrogen) atoms. The quantitative estimate of drug-likeness (QED) is 0.797. The van der Waals surface area contributed by atoms with Gasteiger partial charge in [-0.25, -0.2) is 4.42 Å². The average molecular weight is 301 g/mol. The summed E-state index contributed by atoms with van der Waals surface area (Å²) in [7, 11) is 0. The van der Waals surface area contributed by atoms with E-state index < -0.39 is 0 Å². The van der Waals surface area contributed by atoms with Crippen LogP contribution in [0.5, 0.6) is 0 Å². The van der Waals surface area contributed by atoms with Crippen LogP contribution in [0.25, 0.3) is 0 Å². The van der Waals surface area contributed by atoms with Gasteiger partial charge in [0.1, 0.15) is 0 Å². The van der Waals surface area contributed by atoms with Crippen molar-refractivity contribution in [2.24, 2.45) is 0 Å². The Balaban J connectivity index is 1.71. The fourth-order valence-corrected chi connectivity index (χ4v) is 3.20. The largest absolute Gasteiger partial charge is 0.293 e. The lowest BCUT2D eigenvalue weighted by atomic mass is 10.0. The Labute approximate surface area is 132 Å². The summed E-state index contributed by atoms with van der Waals surface area (Å²) in [5.41, 5.74) is 2.76. The van der Waals surface area contributed by atoms with Gasteiger partial charge in [-0.3, -0.25) is 4.90 Å². The molecule has 0 bridgehead atoms. The molecule has 1 aliphatic rings. The molecule has 1 atom stereocenters. The molecule has 0 radical (unpaired) electrons. The van der Waals surface area contributed by atoms with Gasteiger partial charge in [-0.1, -0.05) is 60.7 Å². The number of nitrogens with zero attached hydrogens (tertiary/aromatic N) is 2. The first-order chi connectivity index (χ1) is 10.3. The summed E-state index contributed by atoms with van der Waals surface area (Å²) in [4.78, 5) is 2.56. The number of hydrogen-bond acceptors (Lipinski definition) is 2. The van der Waals surface area contributed by atoms with Gasteiger partial charge in [0.15, 0.2) is 0 Å². The third-order valence-electron chi connectivity index (χ3n) is 4.10. The number of hydrogen-bond donors (Lipinski definition) is 0. The van der Waals surface area contributed by atoms with Crippen molar-refractivity contribution >= 4 is 11.8 Å². The maximum Gasteiger partial charge on any atom is 0.0299 e. The summed E-state index contributed by atoms with van der Waals surface area (Å²) >= 11 is 6.25. The van der Waals surface area contributed by atoms with E-state index in [1.807, 2.05) is 4.42 Å². The zero-order valence-corrected chi connectivity index (χ0v) is 12.9. The van der Waals surface area contributed by atoms with E-state index in [0.717, 1.165) is 32.6 Å². The number of rotatable bonds is 4. The van der Waals surface area contributed by atoms with Crippen molar-refractivity contribution in [2.75, 3.05) is 19.6 Å². The third-order valence-corrected chi connectivity index (χ3v) is 4.40. The van der Waals surface area contributed by atoms with Gasteiger partial charge in [0.2, 0.25) is 0 Å². The zero-order valence-electron chi connectivity index (χ0n) is 12.2. The highest BCUT2D eigenvalue weighted by molar-refractivity contribution is 6.13.